The van der Waals surface area contributed by atoms with Crippen molar-refractivity contribution < 1.29 is 13.2 Å². The number of rotatable bonds is 4. The maximum Gasteiger partial charge on any atom is 0.332 e. The molecule has 3 aliphatic carbocycles. The molecule has 0 atom stereocenters. The molecule has 0 radical (unpaired) electrons. The number of anilines is 1. The normalized spacial score (nSPS) is 23.0. The van der Waals surface area contributed by atoms with Crippen molar-refractivity contribution in [3.05, 3.63) is 28.3 Å². The van der Waals surface area contributed by atoms with Crippen molar-refractivity contribution in [2.24, 2.45) is 5.41 Å². The number of likely N-dealkylation sites (tertiary alicyclic amines) is 1. The lowest BCUT2D eigenvalue weighted by Gasteiger charge is -2.58. The van der Waals surface area contributed by atoms with Crippen molar-refractivity contribution in [3.8, 4) is 0 Å². The van der Waals surface area contributed by atoms with Crippen LogP contribution >= 0.6 is 0 Å². The van der Waals surface area contributed by atoms with Crippen LogP contribution in [0.15, 0.2) is 6.07 Å². The molecule has 1 saturated heterocycles. The third kappa shape index (κ3) is 2.94. The fourth-order valence-electron chi connectivity index (χ4n) is 5.83. The fraction of sp³-hybridized carbons (Fsp3) is 0.667. The molecule has 1 aromatic rings. The Morgan fingerprint density at radius 2 is 1.71 bits per heavy atom. The van der Waals surface area contributed by atoms with E-state index in [4.69, 9.17) is 0 Å². The minimum absolute atomic E-state index is 0.174. The van der Waals surface area contributed by atoms with Gasteiger partial charge >= 0.3 is 6.03 Å². The van der Waals surface area contributed by atoms with Crippen LogP contribution in [-0.2, 0) is 35.7 Å². The molecule has 1 saturated carbocycles. The molecule has 152 valence electrons. The van der Waals surface area contributed by atoms with Crippen molar-refractivity contribution in [1.82, 2.24) is 9.62 Å². The van der Waals surface area contributed by atoms with E-state index >= 15 is 0 Å². The van der Waals surface area contributed by atoms with Gasteiger partial charge in [-0.2, -0.15) is 0 Å². The van der Waals surface area contributed by atoms with Gasteiger partial charge in [0.15, 0.2) is 0 Å². The average molecular weight is 404 g/mol. The van der Waals surface area contributed by atoms with E-state index in [0.717, 1.165) is 63.8 Å². The third-order valence-corrected chi connectivity index (χ3v) is 8.95. The van der Waals surface area contributed by atoms with Crippen LogP contribution in [0.25, 0.3) is 0 Å². The molecule has 0 unspecified atom stereocenters. The monoisotopic (exact) mass is 403 g/mol. The Hall–Kier alpha value is -1.60. The maximum atomic E-state index is 12.7. The first kappa shape index (κ1) is 18.4. The number of nitrogens with one attached hydrogen (secondary N) is 2. The number of nitrogens with zero attached hydrogens (tertiary/aromatic N) is 1. The van der Waals surface area contributed by atoms with Crippen molar-refractivity contribution >= 4 is 21.7 Å². The minimum Gasteiger partial charge on any atom is -0.307 e. The molecule has 2 fully saturated rings. The summed E-state index contributed by atoms with van der Waals surface area (Å²) in [4.78, 5) is 14.9. The molecule has 5 rings (SSSR count). The van der Waals surface area contributed by atoms with E-state index in [1.807, 2.05) is 0 Å². The molecule has 2 amide bonds. The highest BCUT2D eigenvalue weighted by Gasteiger charge is 2.55. The predicted octanol–water partition coefficient (Wildman–Crippen LogP) is 2.60. The van der Waals surface area contributed by atoms with E-state index in [9.17, 15) is 13.2 Å². The SMILES string of the molecule is CCN1CC2(CC(S(=O)(=O)NC(=O)Nc3c4c(cc5c3CCC5)CCC4)C2)C1. The summed E-state index contributed by atoms with van der Waals surface area (Å²) in [6.45, 7) is 5.13. The van der Waals surface area contributed by atoms with Gasteiger partial charge in [-0.15, -0.1) is 0 Å². The van der Waals surface area contributed by atoms with Crippen LogP contribution in [0.3, 0.4) is 0 Å². The first-order chi connectivity index (χ1) is 13.4. The smallest absolute Gasteiger partial charge is 0.307 e. The molecule has 0 bridgehead atoms. The minimum atomic E-state index is -3.62. The third-order valence-electron chi connectivity index (χ3n) is 7.27. The Morgan fingerprint density at radius 1 is 1.11 bits per heavy atom. The van der Waals surface area contributed by atoms with Crippen LogP contribution in [-0.4, -0.2) is 44.2 Å². The number of sulfonamides is 1. The number of aryl methyl sites for hydroxylation is 2. The van der Waals surface area contributed by atoms with Gasteiger partial charge in [0.25, 0.3) is 0 Å². The zero-order valence-electron chi connectivity index (χ0n) is 16.5. The Labute approximate surface area is 167 Å². The van der Waals surface area contributed by atoms with Crippen LogP contribution in [0.5, 0.6) is 0 Å². The van der Waals surface area contributed by atoms with Crippen LogP contribution < -0.4 is 10.0 Å². The molecule has 4 aliphatic rings. The first-order valence-electron chi connectivity index (χ1n) is 10.6. The maximum absolute atomic E-state index is 12.7. The molecule has 1 aliphatic heterocycles. The average Bonchev–Trinajstić information content (AvgIpc) is 3.20. The second kappa shape index (κ2) is 6.46. The van der Waals surface area contributed by atoms with Gasteiger partial charge in [0.2, 0.25) is 10.0 Å². The van der Waals surface area contributed by atoms with Gasteiger partial charge in [0, 0.05) is 18.8 Å². The van der Waals surface area contributed by atoms with Gasteiger partial charge in [-0.1, -0.05) is 13.0 Å². The van der Waals surface area contributed by atoms with E-state index in [2.05, 4.69) is 27.9 Å². The largest absolute Gasteiger partial charge is 0.332 e. The number of hydrogen-bond acceptors (Lipinski definition) is 4. The summed E-state index contributed by atoms with van der Waals surface area (Å²) in [6.07, 6.45) is 7.57. The van der Waals surface area contributed by atoms with Crippen molar-refractivity contribution in [2.45, 2.75) is 63.5 Å². The number of benzene rings is 1. The summed E-state index contributed by atoms with van der Waals surface area (Å²) < 4.78 is 27.7. The summed E-state index contributed by atoms with van der Waals surface area (Å²) in [5, 5.41) is 2.49. The molecule has 28 heavy (non-hydrogen) atoms. The number of urea groups is 1. The first-order valence-corrected chi connectivity index (χ1v) is 12.2. The highest BCUT2D eigenvalue weighted by Crippen LogP contribution is 2.50. The molecule has 2 N–H and O–H groups in total. The van der Waals surface area contributed by atoms with Gasteiger partial charge in [-0.25, -0.2) is 17.9 Å². The Bertz CT molecular complexity index is 894. The summed E-state index contributed by atoms with van der Waals surface area (Å²) in [7, 11) is -3.62. The topological polar surface area (TPSA) is 78.5 Å². The van der Waals surface area contributed by atoms with Crippen molar-refractivity contribution in [1.29, 1.82) is 0 Å². The van der Waals surface area contributed by atoms with Crippen LogP contribution in [0.4, 0.5) is 10.5 Å². The fourth-order valence-corrected chi connectivity index (χ4v) is 7.45. The van der Waals surface area contributed by atoms with E-state index in [-0.39, 0.29) is 5.41 Å². The lowest BCUT2D eigenvalue weighted by molar-refractivity contribution is -0.0537. The van der Waals surface area contributed by atoms with Gasteiger partial charge in [0.05, 0.1) is 5.25 Å². The standard InChI is InChI=1S/C21H29N3O3S/c1-2-24-12-21(13-24)10-16(11-21)28(26,27)23-20(25)22-19-17-7-3-5-14(17)9-15-6-4-8-18(15)19/h9,16H,2-8,10-13H2,1H3,(H2,22,23,25). The number of carbonyl (C=O) groups excluding carboxylic acids is 1. The summed E-state index contributed by atoms with van der Waals surface area (Å²) in [5.74, 6) is 0. The molecule has 1 aromatic carbocycles. The second-order valence-electron chi connectivity index (χ2n) is 9.17. The van der Waals surface area contributed by atoms with Gasteiger partial charge in [-0.05, 0) is 85.6 Å². The zero-order chi connectivity index (χ0) is 19.5. The predicted molar refractivity (Wildman–Crippen MR) is 109 cm³/mol. The van der Waals surface area contributed by atoms with Gasteiger partial charge < -0.3 is 10.2 Å². The molecule has 1 spiro atoms. The Balaban J connectivity index is 1.26. The lowest BCUT2D eigenvalue weighted by atomic mass is 9.63. The summed E-state index contributed by atoms with van der Waals surface area (Å²) >= 11 is 0. The van der Waals surface area contributed by atoms with E-state index in [1.54, 1.807) is 0 Å². The molecule has 7 heteroatoms. The number of fused-ring (bicyclic) bond motifs is 2. The van der Waals surface area contributed by atoms with Crippen LogP contribution in [0.1, 0.15) is 54.9 Å². The molecule has 1 heterocycles. The van der Waals surface area contributed by atoms with Gasteiger partial charge in [-0.3, -0.25) is 0 Å². The van der Waals surface area contributed by atoms with E-state index in [0.29, 0.717) is 12.8 Å². The van der Waals surface area contributed by atoms with Crippen molar-refractivity contribution in [2.75, 3.05) is 25.0 Å². The molecular formula is C21H29N3O3S. The molecule has 6 nitrogen and oxygen atoms in total. The second-order valence-corrected chi connectivity index (χ2v) is 11.1. The van der Waals surface area contributed by atoms with Crippen LogP contribution in [0, 0.1) is 5.41 Å². The number of hydrogen-bond donors (Lipinski definition) is 2. The van der Waals surface area contributed by atoms with Crippen LogP contribution in [0.2, 0.25) is 0 Å². The Kier molecular flexibility index (Phi) is 4.25. The summed E-state index contributed by atoms with van der Waals surface area (Å²) in [6, 6.07) is 1.70. The zero-order valence-corrected chi connectivity index (χ0v) is 17.3. The lowest BCUT2D eigenvalue weighted by Crippen LogP contribution is -2.65. The highest BCUT2D eigenvalue weighted by atomic mass is 32.2. The highest BCUT2D eigenvalue weighted by molar-refractivity contribution is 7.90. The van der Waals surface area contributed by atoms with E-state index in [1.165, 1.54) is 22.3 Å². The van der Waals surface area contributed by atoms with Gasteiger partial charge in [0.1, 0.15) is 0 Å². The molecular weight excluding hydrogens is 374 g/mol. The van der Waals surface area contributed by atoms with E-state index < -0.39 is 21.3 Å². The quantitative estimate of drug-likeness (QED) is 0.810. The Morgan fingerprint density at radius 3 is 2.29 bits per heavy atom. The molecule has 0 aromatic heterocycles. The number of carbonyl (C=O) groups is 1. The van der Waals surface area contributed by atoms with Crippen molar-refractivity contribution in [3.63, 3.8) is 0 Å². The summed E-state index contributed by atoms with van der Waals surface area (Å²) in [5.41, 5.74) is 6.13. The number of amides is 2.